The zero-order valence-electron chi connectivity index (χ0n) is 12.4. The van der Waals surface area contributed by atoms with Gasteiger partial charge in [0.15, 0.2) is 0 Å². The number of ether oxygens (including phenoxy) is 2. The number of aryl methyl sites for hydroxylation is 1. The van der Waals surface area contributed by atoms with Crippen molar-refractivity contribution in [2.75, 3.05) is 38.7 Å². The fraction of sp³-hybridized carbons (Fsp3) is 0.625. The molecule has 20 heavy (non-hydrogen) atoms. The van der Waals surface area contributed by atoms with Crippen molar-refractivity contribution >= 4 is 5.69 Å². The minimum atomic E-state index is 0.172. The van der Waals surface area contributed by atoms with E-state index < -0.39 is 0 Å². The van der Waals surface area contributed by atoms with Gasteiger partial charge in [-0.05, 0) is 38.4 Å². The lowest BCUT2D eigenvalue weighted by atomic mass is 9.98. The fourth-order valence-electron chi connectivity index (χ4n) is 2.91. The molecule has 0 saturated carbocycles. The highest BCUT2D eigenvalue weighted by atomic mass is 16.5. The number of hydrogen-bond acceptors (Lipinski definition) is 4. The molecule has 2 atom stereocenters. The summed E-state index contributed by atoms with van der Waals surface area (Å²) in [5, 5.41) is 3.55. The number of benzene rings is 1. The largest absolute Gasteiger partial charge is 0.489 e. The van der Waals surface area contributed by atoms with E-state index in [1.165, 1.54) is 17.7 Å². The molecular formula is C16H24N2O2. The lowest BCUT2D eigenvalue weighted by Gasteiger charge is -2.31. The summed E-state index contributed by atoms with van der Waals surface area (Å²) in [7, 11) is 2.13. The summed E-state index contributed by atoms with van der Waals surface area (Å²) in [6.45, 7) is 5.59. The van der Waals surface area contributed by atoms with Crippen LogP contribution in [0.5, 0.6) is 5.75 Å². The van der Waals surface area contributed by atoms with E-state index in [9.17, 15) is 0 Å². The minimum Gasteiger partial charge on any atom is -0.489 e. The van der Waals surface area contributed by atoms with Crippen LogP contribution in [-0.4, -0.2) is 50.4 Å². The van der Waals surface area contributed by atoms with Crippen LogP contribution in [0.25, 0.3) is 0 Å². The Morgan fingerprint density at radius 3 is 3.20 bits per heavy atom. The maximum Gasteiger partial charge on any atom is 0.142 e. The predicted molar refractivity (Wildman–Crippen MR) is 80.6 cm³/mol. The van der Waals surface area contributed by atoms with Gasteiger partial charge in [-0.1, -0.05) is 12.1 Å². The van der Waals surface area contributed by atoms with Crippen molar-refractivity contribution in [3.05, 3.63) is 23.8 Å². The number of fused-ring (bicyclic) bond motifs is 1. The van der Waals surface area contributed by atoms with Gasteiger partial charge >= 0.3 is 0 Å². The first-order chi connectivity index (χ1) is 9.72. The molecule has 0 radical (unpaired) electrons. The number of likely N-dealkylation sites (N-methyl/N-ethyl adjacent to an activating group) is 1. The Balaban J connectivity index is 1.65. The van der Waals surface area contributed by atoms with Crippen LogP contribution in [0, 0.1) is 0 Å². The third kappa shape index (κ3) is 3.07. The van der Waals surface area contributed by atoms with Crippen LogP contribution in [0.2, 0.25) is 0 Å². The van der Waals surface area contributed by atoms with Gasteiger partial charge in [0.1, 0.15) is 18.5 Å². The second-order valence-electron chi connectivity index (χ2n) is 5.94. The van der Waals surface area contributed by atoms with E-state index in [1.807, 2.05) is 0 Å². The van der Waals surface area contributed by atoms with Gasteiger partial charge in [0.25, 0.3) is 0 Å². The van der Waals surface area contributed by atoms with Crippen molar-refractivity contribution < 1.29 is 9.47 Å². The molecule has 1 saturated heterocycles. The summed E-state index contributed by atoms with van der Waals surface area (Å²) in [5.41, 5.74) is 2.54. The Kier molecular flexibility index (Phi) is 4.13. The lowest BCUT2D eigenvalue weighted by Crippen LogP contribution is -2.42. The third-order valence-electron chi connectivity index (χ3n) is 4.12. The van der Waals surface area contributed by atoms with Gasteiger partial charge in [-0.3, -0.25) is 0 Å². The van der Waals surface area contributed by atoms with Crippen molar-refractivity contribution in [1.82, 2.24) is 4.90 Å². The number of nitrogens with one attached hydrogen (secondary N) is 1. The van der Waals surface area contributed by atoms with Gasteiger partial charge in [0.2, 0.25) is 0 Å². The van der Waals surface area contributed by atoms with Gasteiger partial charge < -0.3 is 19.7 Å². The highest BCUT2D eigenvalue weighted by Gasteiger charge is 2.21. The molecule has 2 aliphatic heterocycles. The van der Waals surface area contributed by atoms with Gasteiger partial charge in [-0.15, -0.1) is 0 Å². The second-order valence-corrected chi connectivity index (χ2v) is 5.94. The van der Waals surface area contributed by atoms with Gasteiger partial charge in [-0.25, -0.2) is 0 Å². The topological polar surface area (TPSA) is 33.7 Å². The monoisotopic (exact) mass is 276 g/mol. The quantitative estimate of drug-likeness (QED) is 0.917. The molecule has 1 N–H and O–H groups in total. The summed E-state index contributed by atoms with van der Waals surface area (Å²) >= 11 is 0. The van der Waals surface area contributed by atoms with E-state index in [4.69, 9.17) is 9.47 Å². The van der Waals surface area contributed by atoms with Crippen LogP contribution in [-0.2, 0) is 11.2 Å². The predicted octanol–water partition coefficient (Wildman–Crippen LogP) is 2.14. The molecule has 0 spiro atoms. The number of hydrogen-bond donors (Lipinski definition) is 1. The summed E-state index contributed by atoms with van der Waals surface area (Å²) < 4.78 is 11.8. The van der Waals surface area contributed by atoms with E-state index in [-0.39, 0.29) is 6.10 Å². The minimum absolute atomic E-state index is 0.172. The fourth-order valence-corrected chi connectivity index (χ4v) is 2.91. The highest BCUT2D eigenvalue weighted by Crippen LogP contribution is 2.34. The summed E-state index contributed by atoms with van der Waals surface area (Å²) in [5.74, 6) is 0.964. The van der Waals surface area contributed by atoms with Crippen LogP contribution in [0.1, 0.15) is 18.9 Å². The van der Waals surface area contributed by atoms with Crippen molar-refractivity contribution in [2.24, 2.45) is 0 Å². The molecule has 0 aromatic heterocycles. The number of anilines is 1. The van der Waals surface area contributed by atoms with Crippen LogP contribution in [0.3, 0.4) is 0 Å². The SMILES string of the molecule is CC1CCc2cccc(OCC3CN(C)CCO3)c2N1. The Morgan fingerprint density at radius 2 is 2.35 bits per heavy atom. The first kappa shape index (κ1) is 13.7. The van der Waals surface area contributed by atoms with Crippen LogP contribution < -0.4 is 10.1 Å². The first-order valence-corrected chi connectivity index (χ1v) is 7.54. The van der Waals surface area contributed by atoms with Crippen LogP contribution in [0.15, 0.2) is 18.2 Å². The van der Waals surface area contributed by atoms with Crippen molar-refractivity contribution in [3.63, 3.8) is 0 Å². The number of nitrogens with zero attached hydrogens (tertiary/aromatic N) is 1. The van der Waals surface area contributed by atoms with E-state index in [0.29, 0.717) is 12.6 Å². The normalized spacial score (nSPS) is 26.7. The molecule has 1 fully saturated rings. The summed E-state index contributed by atoms with van der Waals surface area (Å²) in [6.07, 6.45) is 2.49. The highest BCUT2D eigenvalue weighted by molar-refractivity contribution is 5.63. The average Bonchev–Trinajstić information content (AvgIpc) is 2.45. The molecule has 3 rings (SSSR count). The van der Waals surface area contributed by atoms with Crippen molar-refractivity contribution in [2.45, 2.75) is 31.9 Å². The number of para-hydroxylation sites is 1. The van der Waals surface area contributed by atoms with E-state index >= 15 is 0 Å². The Morgan fingerprint density at radius 1 is 1.45 bits per heavy atom. The molecule has 1 aromatic rings. The average molecular weight is 276 g/mol. The molecule has 4 heteroatoms. The molecule has 4 nitrogen and oxygen atoms in total. The van der Waals surface area contributed by atoms with Crippen LogP contribution >= 0.6 is 0 Å². The molecule has 0 amide bonds. The Labute approximate surface area is 121 Å². The van der Waals surface area contributed by atoms with Gasteiger partial charge in [0, 0.05) is 19.1 Å². The Hall–Kier alpha value is -1.26. The first-order valence-electron chi connectivity index (χ1n) is 7.54. The van der Waals surface area contributed by atoms with E-state index in [0.717, 1.165) is 31.9 Å². The molecule has 2 heterocycles. The van der Waals surface area contributed by atoms with Gasteiger partial charge in [0.05, 0.1) is 12.3 Å². The van der Waals surface area contributed by atoms with Crippen LogP contribution in [0.4, 0.5) is 5.69 Å². The molecule has 1 aromatic carbocycles. The van der Waals surface area contributed by atoms with E-state index in [1.54, 1.807) is 0 Å². The van der Waals surface area contributed by atoms with Gasteiger partial charge in [-0.2, -0.15) is 0 Å². The second kappa shape index (κ2) is 6.02. The maximum atomic E-state index is 6.03. The zero-order valence-corrected chi connectivity index (χ0v) is 12.4. The molecular weight excluding hydrogens is 252 g/mol. The Bertz CT molecular complexity index is 464. The lowest BCUT2D eigenvalue weighted by molar-refractivity contribution is -0.0402. The van der Waals surface area contributed by atoms with Crippen molar-refractivity contribution in [3.8, 4) is 5.75 Å². The summed E-state index contributed by atoms with van der Waals surface area (Å²) in [6, 6.07) is 6.84. The van der Waals surface area contributed by atoms with E-state index in [2.05, 4.69) is 42.4 Å². The molecule has 110 valence electrons. The molecule has 2 unspecified atom stereocenters. The third-order valence-corrected chi connectivity index (χ3v) is 4.12. The zero-order chi connectivity index (χ0) is 13.9. The smallest absolute Gasteiger partial charge is 0.142 e. The molecule has 2 aliphatic rings. The number of rotatable bonds is 3. The number of morpholine rings is 1. The molecule has 0 bridgehead atoms. The molecule has 0 aliphatic carbocycles. The maximum absolute atomic E-state index is 6.03. The standard InChI is InChI=1S/C16H24N2O2/c1-12-6-7-13-4-3-5-15(16(13)17-12)20-11-14-10-18(2)8-9-19-14/h3-5,12,14,17H,6-11H2,1-2H3. The summed E-state index contributed by atoms with van der Waals surface area (Å²) in [4.78, 5) is 2.29. The van der Waals surface area contributed by atoms with Crippen molar-refractivity contribution in [1.29, 1.82) is 0 Å².